The van der Waals surface area contributed by atoms with Gasteiger partial charge in [0.25, 0.3) is 0 Å². The average molecular weight is 238 g/mol. The maximum Gasteiger partial charge on any atom is 0.129 e. The molecule has 0 aliphatic carbocycles. The molecule has 1 aromatic rings. The Morgan fingerprint density at radius 3 is 2.47 bits per heavy atom. The zero-order valence-corrected chi connectivity index (χ0v) is 11.1. The largest absolute Gasteiger partial charge is 0.496 e. The number of ether oxygens (including phenoxy) is 2. The number of hydrogen-bond acceptors (Lipinski definition) is 4. The van der Waals surface area contributed by atoms with Gasteiger partial charge in [-0.05, 0) is 20.0 Å². The lowest BCUT2D eigenvalue weighted by Crippen LogP contribution is -2.25. The summed E-state index contributed by atoms with van der Waals surface area (Å²) in [6.45, 7) is 4.36. The first kappa shape index (κ1) is 13.8. The standard InChI is InChI=1S/C13H22N2O2/c1-10-12(16-3)6-5-11(13(10)17-4)9-15(2)8-7-14/h5-6H,7-9,14H2,1-4H3. The molecule has 0 aliphatic rings. The number of likely N-dealkylation sites (N-methyl/N-ethyl adjacent to an activating group) is 1. The van der Waals surface area contributed by atoms with Crippen LogP contribution >= 0.6 is 0 Å². The molecule has 0 fully saturated rings. The molecule has 0 aliphatic heterocycles. The molecule has 0 atom stereocenters. The minimum atomic E-state index is 0.661. The molecule has 0 radical (unpaired) electrons. The predicted molar refractivity (Wildman–Crippen MR) is 69.7 cm³/mol. The lowest BCUT2D eigenvalue weighted by molar-refractivity contribution is 0.323. The lowest BCUT2D eigenvalue weighted by atomic mass is 10.1. The zero-order chi connectivity index (χ0) is 12.8. The molecule has 0 bridgehead atoms. The van der Waals surface area contributed by atoms with Crippen molar-refractivity contribution in [1.82, 2.24) is 4.90 Å². The fraction of sp³-hybridized carbons (Fsp3) is 0.538. The summed E-state index contributed by atoms with van der Waals surface area (Å²) in [4.78, 5) is 2.17. The van der Waals surface area contributed by atoms with Crippen molar-refractivity contribution in [3.8, 4) is 11.5 Å². The number of benzene rings is 1. The van der Waals surface area contributed by atoms with E-state index in [1.54, 1.807) is 14.2 Å². The van der Waals surface area contributed by atoms with Crippen LogP contribution in [0.1, 0.15) is 11.1 Å². The highest BCUT2D eigenvalue weighted by Crippen LogP contribution is 2.31. The topological polar surface area (TPSA) is 47.7 Å². The minimum Gasteiger partial charge on any atom is -0.496 e. The SMILES string of the molecule is COc1ccc(CN(C)CCN)c(OC)c1C. The van der Waals surface area contributed by atoms with Crippen LogP contribution in [0.5, 0.6) is 11.5 Å². The molecule has 0 saturated carbocycles. The highest BCUT2D eigenvalue weighted by atomic mass is 16.5. The van der Waals surface area contributed by atoms with Crippen LogP contribution in [0, 0.1) is 6.92 Å². The Hall–Kier alpha value is -1.26. The summed E-state index contributed by atoms with van der Waals surface area (Å²) < 4.78 is 10.7. The van der Waals surface area contributed by atoms with Gasteiger partial charge in [-0.3, -0.25) is 0 Å². The molecule has 17 heavy (non-hydrogen) atoms. The molecule has 1 rings (SSSR count). The molecule has 0 aromatic heterocycles. The third-order valence-corrected chi connectivity index (χ3v) is 2.81. The van der Waals surface area contributed by atoms with Crippen molar-refractivity contribution in [3.05, 3.63) is 23.3 Å². The number of nitrogens with two attached hydrogens (primary N) is 1. The van der Waals surface area contributed by atoms with Crippen LogP contribution < -0.4 is 15.2 Å². The quantitative estimate of drug-likeness (QED) is 0.814. The second kappa shape index (κ2) is 6.47. The zero-order valence-electron chi connectivity index (χ0n) is 11.1. The summed E-state index contributed by atoms with van der Waals surface area (Å²) in [7, 11) is 5.40. The number of hydrogen-bond donors (Lipinski definition) is 1. The van der Waals surface area contributed by atoms with E-state index in [-0.39, 0.29) is 0 Å². The molecule has 0 amide bonds. The van der Waals surface area contributed by atoms with Crippen molar-refractivity contribution in [2.45, 2.75) is 13.5 Å². The molecule has 0 saturated heterocycles. The van der Waals surface area contributed by atoms with Gasteiger partial charge in [0, 0.05) is 30.8 Å². The normalized spacial score (nSPS) is 10.7. The monoisotopic (exact) mass is 238 g/mol. The van der Waals surface area contributed by atoms with Gasteiger partial charge in [0.15, 0.2) is 0 Å². The van der Waals surface area contributed by atoms with Crippen molar-refractivity contribution in [3.63, 3.8) is 0 Å². The Labute approximate surface area is 103 Å². The van der Waals surface area contributed by atoms with Gasteiger partial charge in [-0.25, -0.2) is 0 Å². The van der Waals surface area contributed by atoms with E-state index in [4.69, 9.17) is 15.2 Å². The third-order valence-electron chi connectivity index (χ3n) is 2.81. The smallest absolute Gasteiger partial charge is 0.129 e. The second-order valence-corrected chi connectivity index (χ2v) is 4.11. The van der Waals surface area contributed by atoms with Crippen LogP contribution in [0.4, 0.5) is 0 Å². The summed E-state index contributed by atoms with van der Waals surface area (Å²) in [5, 5.41) is 0. The van der Waals surface area contributed by atoms with Crippen molar-refractivity contribution in [2.75, 3.05) is 34.4 Å². The number of nitrogens with zero attached hydrogens (tertiary/aromatic N) is 1. The molecular weight excluding hydrogens is 216 g/mol. The van der Waals surface area contributed by atoms with Crippen LogP contribution in [0.3, 0.4) is 0 Å². The van der Waals surface area contributed by atoms with Gasteiger partial charge < -0.3 is 20.1 Å². The van der Waals surface area contributed by atoms with Gasteiger partial charge in [-0.15, -0.1) is 0 Å². The van der Waals surface area contributed by atoms with E-state index >= 15 is 0 Å². The number of rotatable bonds is 6. The van der Waals surface area contributed by atoms with Gasteiger partial charge in [0.1, 0.15) is 11.5 Å². The van der Waals surface area contributed by atoms with E-state index in [2.05, 4.69) is 4.90 Å². The van der Waals surface area contributed by atoms with Crippen LogP contribution in [0.2, 0.25) is 0 Å². The highest BCUT2D eigenvalue weighted by Gasteiger charge is 2.12. The molecule has 0 heterocycles. The van der Waals surface area contributed by atoms with Crippen LogP contribution in [-0.4, -0.2) is 39.3 Å². The van der Waals surface area contributed by atoms with Gasteiger partial charge in [-0.1, -0.05) is 6.07 Å². The van der Waals surface area contributed by atoms with Crippen molar-refractivity contribution in [1.29, 1.82) is 0 Å². The maximum atomic E-state index is 5.54. The van der Waals surface area contributed by atoms with Crippen LogP contribution in [0.25, 0.3) is 0 Å². The fourth-order valence-corrected chi connectivity index (χ4v) is 1.95. The van der Waals surface area contributed by atoms with Crippen LogP contribution in [-0.2, 0) is 6.54 Å². The van der Waals surface area contributed by atoms with Gasteiger partial charge in [0.2, 0.25) is 0 Å². The van der Waals surface area contributed by atoms with E-state index in [1.807, 2.05) is 26.1 Å². The summed E-state index contributed by atoms with van der Waals surface area (Å²) >= 11 is 0. The Morgan fingerprint density at radius 2 is 1.94 bits per heavy atom. The van der Waals surface area contributed by atoms with E-state index in [0.717, 1.165) is 35.7 Å². The Bertz CT molecular complexity index is 367. The van der Waals surface area contributed by atoms with E-state index in [9.17, 15) is 0 Å². The van der Waals surface area contributed by atoms with E-state index in [1.165, 1.54) is 0 Å². The molecule has 2 N–H and O–H groups in total. The lowest BCUT2D eigenvalue weighted by Gasteiger charge is -2.19. The molecule has 96 valence electrons. The first-order valence-corrected chi connectivity index (χ1v) is 5.73. The maximum absolute atomic E-state index is 5.54. The van der Waals surface area contributed by atoms with Crippen molar-refractivity contribution in [2.24, 2.45) is 5.73 Å². The Kier molecular flexibility index (Phi) is 5.25. The minimum absolute atomic E-state index is 0.661. The summed E-state index contributed by atoms with van der Waals surface area (Å²) in [6, 6.07) is 4.02. The summed E-state index contributed by atoms with van der Waals surface area (Å²) in [5.74, 6) is 1.75. The second-order valence-electron chi connectivity index (χ2n) is 4.11. The first-order chi connectivity index (χ1) is 8.13. The molecule has 4 nitrogen and oxygen atoms in total. The Balaban J connectivity index is 2.96. The van der Waals surface area contributed by atoms with Crippen LogP contribution in [0.15, 0.2) is 12.1 Å². The Morgan fingerprint density at radius 1 is 1.24 bits per heavy atom. The summed E-state index contributed by atoms with van der Waals surface area (Å²) in [5.41, 5.74) is 7.73. The molecule has 4 heteroatoms. The number of methoxy groups -OCH3 is 2. The van der Waals surface area contributed by atoms with Crippen molar-refractivity contribution >= 4 is 0 Å². The molecule has 0 spiro atoms. The molecular formula is C13H22N2O2. The third kappa shape index (κ3) is 3.35. The van der Waals surface area contributed by atoms with Gasteiger partial charge in [-0.2, -0.15) is 0 Å². The first-order valence-electron chi connectivity index (χ1n) is 5.73. The van der Waals surface area contributed by atoms with Crippen molar-refractivity contribution < 1.29 is 9.47 Å². The average Bonchev–Trinajstić information content (AvgIpc) is 2.30. The molecule has 0 unspecified atom stereocenters. The summed E-state index contributed by atoms with van der Waals surface area (Å²) in [6.07, 6.45) is 0. The fourth-order valence-electron chi connectivity index (χ4n) is 1.95. The predicted octanol–water partition coefficient (Wildman–Crippen LogP) is 1.40. The van der Waals surface area contributed by atoms with Gasteiger partial charge >= 0.3 is 0 Å². The van der Waals surface area contributed by atoms with E-state index < -0.39 is 0 Å². The highest BCUT2D eigenvalue weighted by molar-refractivity contribution is 5.49. The van der Waals surface area contributed by atoms with Gasteiger partial charge in [0.05, 0.1) is 14.2 Å². The van der Waals surface area contributed by atoms with E-state index in [0.29, 0.717) is 6.54 Å². The molecule has 1 aromatic carbocycles.